The molecule has 5 N–H and O–H groups in total. The molecule has 18 heteroatoms. The molecule has 0 radical (unpaired) electrons. The maximum Gasteiger partial charge on any atom is 0.240 e. The third kappa shape index (κ3) is 17.2. The first-order chi connectivity index (χ1) is 29.7. The molecular weight excluding hydrogens is 836 g/mol. The number of anilines is 1. The minimum absolute atomic E-state index is 0.131. The van der Waals surface area contributed by atoms with Gasteiger partial charge < -0.3 is 41.0 Å². The fourth-order valence-corrected chi connectivity index (χ4v) is 6.39. The van der Waals surface area contributed by atoms with Crippen molar-refractivity contribution >= 4 is 48.3 Å². The minimum Gasteiger partial charge on any atom is -0.497 e. The topological polar surface area (TPSA) is 167 Å². The van der Waals surface area contributed by atoms with Crippen molar-refractivity contribution in [1.82, 2.24) is 26.2 Å². The van der Waals surface area contributed by atoms with Crippen molar-refractivity contribution < 1.29 is 51.0 Å². The minimum atomic E-state index is -0.792. The Morgan fingerprint density at radius 3 is 1.92 bits per heavy atom. The van der Waals surface area contributed by atoms with Crippen LogP contribution in [0.5, 0.6) is 5.75 Å². The Morgan fingerprint density at radius 1 is 0.790 bits per heavy atom. The third-order valence-electron chi connectivity index (χ3n) is 8.97. The van der Waals surface area contributed by atoms with Crippen LogP contribution in [0.15, 0.2) is 108 Å². The quantitative estimate of drug-likeness (QED) is 0.0603. The fraction of sp³-hybridized carbons (Fsp3) is 0.295. The van der Waals surface area contributed by atoms with E-state index in [2.05, 4.69) is 26.6 Å². The molecule has 0 saturated carbocycles. The van der Waals surface area contributed by atoms with Gasteiger partial charge in [0.05, 0.1) is 56.2 Å². The number of allylic oxidation sites excluding steroid dienone is 4. The molecule has 0 spiro atoms. The Kier molecular flexibility index (Phi) is 20.8. The van der Waals surface area contributed by atoms with E-state index in [0.717, 1.165) is 47.9 Å². The molecule has 2 aliphatic carbocycles. The molecule has 0 fully saturated rings. The number of rotatable bonds is 18. The molecule has 0 heterocycles. The van der Waals surface area contributed by atoms with Crippen LogP contribution in [0.1, 0.15) is 43.9 Å². The second-order valence-electron chi connectivity index (χ2n) is 13.8. The summed E-state index contributed by atoms with van der Waals surface area (Å²) >= 11 is 6.38. The molecule has 0 aromatic heterocycles. The zero-order valence-electron chi connectivity index (χ0n) is 34.4. The number of alkyl halides is 1. The zero-order chi connectivity index (χ0) is 45.6. The summed E-state index contributed by atoms with van der Waals surface area (Å²) in [7, 11) is 3.23. The predicted octanol–water partition coefficient (Wildman–Crippen LogP) is 5.85. The average molecular weight is 885 g/mol. The van der Waals surface area contributed by atoms with Crippen LogP contribution in [0.3, 0.4) is 0 Å². The molecule has 3 aromatic rings. The van der Waals surface area contributed by atoms with E-state index in [1.807, 2.05) is 18.2 Å². The molecule has 332 valence electrons. The van der Waals surface area contributed by atoms with Gasteiger partial charge in [-0.25, -0.2) is 17.6 Å². The van der Waals surface area contributed by atoms with Crippen molar-refractivity contribution in [3.63, 3.8) is 0 Å². The summed E-state index contributed by atoms with van der Waals surface area (Å²) in [6.07, 6.45) is 12.2. The number of methoxy groups -OCH3 is 2. The van der Waals surface area contributed by atoms with E-state index in [0.29, 0.717) is 42.6 Å². The monoisotopic (exact) mass is 884 g/mol. The van der Waals surface area contributed by atoms with E-state index in [4.69, 9.17) is 21.1 Å². The van der Waals surface area contributed by atoms with E-state index in [9.17, 15) is 41.5 Å². The summed E-state index contributed by atoms with van der Waals surface area (Å²) in [6.45, 7) is 2.50. The van der Waals surface area contributed by atoms with Gasteiger partial charge in [0.25, 0.3) is 0 Å². The summed E-state index contributed by atoms with van der Waals surface area (Å²) < 4.78 is 64.3. The maximum absolute atomic E-state index is 13.7. The molecule has 0 saturated heterocycles. The number of nitrogens with one attached hydrogen (secondary N) is 5. The first-order valence-electron chi connectivity index (χ1n) is 19.1. The highest BCUT2D eigenvalue weighted by Gasteiger charge is 2.26. The molecular formula is C44H49ClF4N6O7. The number of carbonyl (C=O) groups is 5. The highest BCUT2D eigenvalue weighted by atomic mass is 35.5. The Hall–Kier alpha value is -6.62. The number of amides is 5. The van der Waals surface area contributed by atoms with Crippen LogP contribution in [0.4, 0.5) is 23.2 Å². The van der Waals surface area contributed by atoms with Crippen LogP contribution < -0.4 is 31.3 Å². The highest BCUT2D eigenvalue weighted by molar-refractivity contribution is 6.22. The average Bonchev–Trinajstić information content (AvgIpc) is 3.22. The van der Waals surface area contributed by atoms with Gasteiger partial charge in [-0.05, 0) is 111 Å². The summed E-state index contributed by atoms with van der Waals surface area (Å²) in [5.74, 6) is -2.50. The van der Waals surface area contributed by atoms with Crippen LogP contribution in [0.25, 0.3) is 0 Å². The number of hydrogen-bond donors (Lipinski definition) is 5. The molecule has 0 bridgehead atoms. The van der Waals surface area contributed by atoms with Gasteiger partial charge in [-0.15, -0.1) is 11.6 Å². The van der Waals surface area contributed by atoms with Gasteiger partial charge in [0.2, 0.25) is 31.0 Å². The lowest BCUT2D eigenvalue weighted by atomic mass is 10.1. The Morgan fingerprint density at radius 2 is 1.39 bits per heavy atom. The fourth-order valence-electron chi connectivity index (χ4n) is 6.11. The Labute approximate surface area is 362 Å². The second kappa shape index (κ2) is 25.9. The lowest BCUT2D eigenvalue weighted by Gasteiger charge is -2.31. The first-order valence-corrected chi connectivity index (χ1v) is 19.6. The van der Waals surface area contributed by atoms with Gasteiger partial charge in [0, 0.05) is 23.9 Å². The Balaban J connectivity index is 0.000000374. The van der Waals surface area contributed by atoms with E-state index in [-0.39, 0.29) is 31.1 Å². The molecule has 3 aromatic carbocycles. The van der Waals surface area contributed by atoms with Crippen molar-refractivity contribution in [3.8, 4) is 5.75 Å². The van der Waals surface area contributed by atoms with Gasteiger partial charge in [-0.1, -0.05) is 12.2 Å². The number of halogens is 5. The molecule has 5 rings (SSSR count). The van der Waals surface area contributed by atoms with Crippen molar-refractivity contribution in [2.45, 2.75) is 56.6 Å². The van der Waals surface area contributed by atoms with Gasteiger partial charge >= 0.3 is 0 Å². The van der Waals surface area contributed by atoms with Crippen molar-refractivity contribution in [2.24, 2.45) is 0 Å². The maximum atomic E-state index is 13.7. The third-order valence-corrected chi connectivity index (χ3v) is 9.36. The summed E-state index contributed by atoms with van der Waals surface area (Å²) in [5, 5.41) is 12.5. The molecule has 5 amide bonds. The standard InChI is InChI=1S/C28H29ClF4N4O3.C8H11NO2.C8H9NO2/c1-16(6-18-7-20(30)11-21(31)8-18)35-26(39)13-37(25-5-3-4-24(29)28(25)34-15-38)14-27(40)36-17(2)19-9-22(32)12-23(33)10-19;2*1-11-8-4-2-7(3-5-8)9-6-10/h3,5,7-12,15-17,24H,4,6,13-14H2,1-2H3,(H,34,38)(H,35,39)(H,36,40);2,4-7H,3H2,1H3,(H,9,10);2-6H,1H3,(H,9,10)/t16-,17?,24?;;/m1../s1. The molecule has 4 atom stereocenters. The number of carbonyl (C=O) groups excluding carboxylic acids is 5. The lowest BCUT2D eigenvalue weighted by Crippen LogP contribution is -2.46. The summed E-state index contributed by atoms with van der Waals surface area (Å²) in [6, 6.07) is 12.0. The summed E-state index contributed by atoms with van der Waals surface area (Å²) in [5.41, 5.74) is 1.94. The predicted molar refractivity (Wildman–Crippen MR) is 226 cm³/mol. The normalized spacial score (nSPS) is 16.0. The van der Waals surface area contributed by atoms with Crippen molar-refractivity contribution in [2.75, 3.05) is 32.6 Å². The smallest absolute Gasteiger partial charge is 0.240 e. The second-order valence-corrected chi connectivity index (χ2v) is 14.3. The molecule has 62 heavy (non-hydrogen) atoms. The van der Waals surface area contributed by atoms with Crippen LogP contribution in [-0.2, 0) is 35.1 Å². The number of nitrogens with zero attached hydrogens (tertiary/aromatic N) is 1. The van der Waals surface area contributed by atoms with E-state index in [1.54, 1.807) is 64.5 Å². The van der Waals surface area contributed by atoms with Crippen LogP contribution >= 0.6 is 11.6 Å². The van der Waals surface area contributed by atoms with Gasteiger partial charge in [0.15, 0.2) is 0 Å². The largest absolute Gasteiger partial charge is 0.497 e. The summed E-state index contributed by atoms with van der Waals surface area (Å²) in [4.78, 5) is 58.6. The SMILES string of the molecule is CC(NC(=O)CN(CC(=O)N[C@H](C)Cc1cc(F)cc(F)c1)C1=C(NC=O)C(Cl)CC=C1)c1cc(F)cc(F)c1.COC1=CCC(NC=O)C=C1.COc1ccc(NC=O)cc1. The molecule has 2 aliphatic rings. The van der Waals surface area contributed by atoms with Crippen LogP contribution in [-0.4, -0.2) is 80.7 Å². The van der Waals surface area contributed by atoms with Gasteiger partial charge in [-0.2, -0.15) is 0 Å². The molecule has 3 unspecified atom stereocenters. The van der Waals surface area contributed by atoms with E-state index in [1.165, 1.54) is 17.0 Å². The Bertz CT molecular complexity index is 2080. The molecule has 13 nitrogen and oxygen atoms in total. The first kappa shape index (κ1) is 49.7. The van der Waals surface area contributed by atoms with Crippen LogP contribution in [0.2, 0.25) is 0 Å². The highest BCUT2D eigenvalue weighted by Crippen LogP contribution is 2.25. The van der Waals surface area contributed by atoms with Gasteiger partial charge in [-0.3, -0.25) is 24.0 Å². The van der Waals surface area contributed by atoms with E-state index < -0.39 is 52.5 Å². The molecule has 0 aliphatic heterocycles. The lowest BCUT2D eigenvalue weighted by molar-refractivity contribution is -0.125. The number of hydrogen-bond acceptors (Lipinski definition) is 8. The van der Waals surface area contributed by atoms with Crippen LogP contribution in [0, 0.1) is 23.3 Å². The van der Waals surface area contributed by atoms with Gasteiger partial charge in [0.1, 0.15) is 34.8 Å². The van der Waals surface area contributed by atoms with Crippen molar-refractivity contribution in [1.29, 1.82) is 0 Å². The number of benzene rings is 3. The zero-order valence-corrected chi connectivity index (χ0v) is 35.2. The van der Waals surface area contributed by atoms with Crippen molar-refractivity contribution in [3.05, 3.63) is 143 Å². The number of ether oxygens (including phenoxy) is 2. The van der Waals surface area contributed by atoms with E-state index >= 15 is 0 Å².